The summed E-state index contributed by atoms with van der Waals surface area (Å²) in [5, 5.41) is 5.58. The smallest absolute Gasteiger partial charge is 0.263 e. The zero-order valence-electron chi connectivity index (χ0n) is 15.0. The molecule has 2 N–H and O–H groups in total. The summed E-state index contributed by atoms with van der Waals surface area (Å²) in [6.07, 6.45) is 2.89. The number of carbonyl (C=O) groups is 1. The lowest BCUT2D eigenvalue weighted by Gasteiger charge is -2.12. The highest BCUT2D eigenvalue weighted by molar-refractivity contribution is 7.92. The summed E-state index contributed by atoms with van der Waals surface area (Å²) in [6.45, 7) is 1.87. The molecule has 3 rings (SSSR count). The highest BCUT2D eigenvalue weighted by Gasteiger charge is 2.20. The Morgan fingerprint density at radius 2 is 1.90 bits per heavy atom. The maximum absolute atomic E-state index is 12.7. The summed E-state index contributed by atoms with van der Waals surface area (Å²) in [5.41, 5.74) is 1.17. The molecule has 0 spiro atoms. The van der Waals surface area contributed by atoms with Gasteiger partial charge in [0.25, 0.3) is 10.0 Å². The summed E-state index contributed by atoms with van der Waals surface area (Å²) >= 11 is 13.6. The number of rotatable bonds is 6. The fourth-order valence-electron chi connectivity index (χ4n) is 2.33. The van der Waals surface area contributed by atoms with Crippen LogP contribution in [0.4, 0.5) is 11.4 Å². The number of carbonyl (C=O) groups excluding carboxylic acids is 1. The molecule has 29 heavy (non-hydrogen) atoms. The Bertz CT molecular complexity index is 1190. The SMILES string of the molecule is Cc1nc(/C=C/C(=O)Nc2ccc(Cl)c(S(=O)(=O)Nc3ccccc3Cl)c2)cs1. The molecule has 10 heteroatoms. The van der Waals surface area contributed by atoms with Gasteiger partial charge < -0.3 is 5.32 Å². The molecule has 0 fully saturated rings. The van der Waals surface area contributed by atoms with Gasteiger partial charge in [-0.15, -0.1) is 11.3 Å². The van der Waals surface area contributed by atoms with Crippen LogP contribution in [0.5, 0.6) is 0 Å². The number of aryl methyl sites for hydroxylation is 1. The third-order valence-electron chi connectivity index (χ3n) is 3.65. The molecule has 0 aliphatic rings. The molecule has 0 aliphatic carbocycles. The van der Waals surface area contributed by atoms with Gasteiger partial charge in [-0.3, -0.25) is 9.52 Å². The van der Waals surface area contributed by atoms with Gasteiger partial charge in [0, 0.05) is 17.1 Å². The minimum absolute atomic E-state index is 0.0102. The topological polar surface area (TPSA) is 88.2 Å². The first-order valence-corrected chi connectivity index (χ1v) is 11.3. The van der Waals surface area contributed by atoms with E-state index in [9.17, 15) is 13.2 Å². The third-order valence-corrected chi connectivity index (χ3v) is 6.62. The number of sulfonamides is 1. The highest BCUT2D eigenvalue weighted by atomic mass is 35.5. The van der Waals surface area contributed by atoms with Crippen molar-refractivity contribution in [1.29, 1.82) is 0 Å². The number of anilines is 2. The molecular formula is C19H15Cl2N3O3S2. The van der Waals surface area contributed by atoms with Crippen LogP contribution < -0.4 is 10.0 Å². The summed E-state index contributed by atoms with van der Waals surface area (Å²) in [7, 11) is -4.02. The first-order chi connectivity index (χ1) is 13.7. The molecule has 0 unspecified atom stereocenters. The van der Waals surface area contributed by atoms with Crippen LogP contribution in [0.2, 0.25) is 10.0 Å². The number of benzene rings is 2. The molecule has 0 radical (unpaired) electrons. The number of halogens is 2. The quantitative estimate of drug-likeness (QED) is 0.486. The van der Waals surface area contributed by atoms with Crippen molar-refractivity contribution in [2.24, 2.45) is 0 Å². The van der Waals surface area contributed by atoms with E-state index in [1.807, 2.05) is 12.3 Å². The Kier molecular flexibility index (Phi) is 6.59. The number of thiazole rings is 1. The fourth-order valence-corrected chi connectivity index (χ4v) is 4.76. The highest BCUT2D eigenvalue weighted by Crippen LogP contribution is 2.29. The van der Waals surface area contributed by atoms with Crippen molar-refractivity contribution in [1.82, 2.24) is 4.98 Å². The lowest BCUT2D eigenvalue weighted by Crippen LogP contribution is -2.15. The van der Waals surface area contributed by atoms with Crippen molar-refractivity contribution in [2.75, 3.05) is 10.0 Å². The molecule has 0 bridgehead atoms. The van der Waals surface area contributed by atoms with Crippen LogP contribution in [0.15, 0.2) is 58.8 Å². The van der Waals surface area contributed by atoms with Crippen molar-refractivity contribution in [2.45, 2.75) is 11.8 Å². The van der Waals surface area contributed by atoms with Crippen molar-refractivity contribution in [3.63, 3.8) is 0 Å². The normalized spacial score (nSPS) is 11.6. The largest absolute Gasteiger partial charge is 0.322 e. The van der Waals surface area contributed by atoms with Crippen LogP contribution in [0, 0.1) is 6.92 Å². The number of hydrogen-bond acceptors (Lipinski definition) is 5. The average Bonchev–Trinajstić information content (AvgIpc) is 3.08. The van der Waals surface area contributed by atoms with E-state index in [4.69, 9.17) is 23.2 Å². The molecule has 6 nitrogen and oxygen atoms in total. The second kappa shape index (κ2) is 8.96. The van der Waals surface area contributed by atoms with E-state index < -0.39 is 15.9 Å². The predicted octanol–water partition coefficient (Wildman–Crippen LogP) is 5.21. The monoisotopic (exact) mass is 467 g/mol. The van der Waals surface area contributed by atoms with Gasteiger partial charge >= 0.3 is 0 Å². The van der Waals surface area contributed by atoms with Gasteiger partial charge in [0.15, 0.2) is 0 Å². The zero-order chi connectivity index (χ0) is 21.0. The first kappa shape index (κ1) is 21.3. The molecule has 3 aromatic rings. The molecule has 0 aliphatic heterocycles. The van der Waals surface area contributed by atoms with Gasteiger partial charge in [0.1, 0.15) is 4.90 Å². The molecule has 0 atom stereocenters. The van der Waals surface area contributed by atoms with Crippen molar-refractivity contribution < 1.29 is 13.2 Å². The van der Waals surface area contributed by atoms with Gasteiger partial charge in [-0.1, -0.05) is 35.3 Å². The predicted molar refractivity (Wildman–Crippen MR) is 118 cm³/mol. The molecule has 1 aromatic heterocycles. The van der Waals surface area contributed by atoms with Gasteiger partial charge in [-0.25, -0.2) is 13.4 Å². The number of nitrogens with zero attached hydrogens (tertiary/aromatic N) is 1. The summed E-state index contributed by atoms with van der Waals surface area (Å²) < 4.78 is 27.9. The van der Waals surface area contributed by atoms with Crippen LogP contribution in [-0.4, -0.2) is 19.3 Å². The third kappa shape index (κ3) is 5.57. The number of para-hydroxylation sites is 1. The first-order valence-electron chi connectivity index (χ1n) is 8.23. The lowest BCUT2D eigenvalue weighted by atomic mass is 10.3. The molecule has 0 saturated heterocycles. The number of aromatic nitrogens is 1. The molecule has 1 heterocycles. The minimum atomic E-state index is -4.02. The summed E-state index contributed by atoms with van der Waals surface area (Å²) in [6, 6.07) is 10.6. The standard InChI is InChI=1S/C19H15Cl2N3O3S2/c1-12-22-14(11-28-12)7-9-19(25)23-13-6-8-16(21)18(10-13)29(26,27)24-17-5-3-2-4-15(17)20/h2-11,24H,1H3,(H,23,25)/b9-7+. The lowest BCUT2D eigenvalue weighted by molar-refractivity contribution is -0.111. The van der Waals surface area contributed by atoms with Gasteiger partial charge in [-0.05, 0) is 43.3 Å². The summed E-state index contributed by atoms with van der Waals surface area (Å²) in [4.78, 5) is 16.2. The molecule has 0 saturated carbocycles. The minimum Gasteiger partial charge on any atom is -0.322 e. The maximum Gasteiger partial charge on any atom is 0.263 e. The van der Waals surface area contributed by atoms with Crippen molar-refractivity contribution in [3.05, 3.63) is 74.7 Å². The molecule has 150 valence electrons. The van der Waals surface area contributed by atoms with E-state index >= 15 is 0 Å². The second-order valence-corrected chi connectivity index (χ2v) is 9.37. The Labute approximate surface area is 182 Å². The van der Waals surface area contributed by atoms with Crippen LogP contribution in [-0.2, 0) is 14.8 Å². The Morgan fingerprint density at radius 1 is 1.14 bits per heavy atom. The number of hydrogen-bond donors (Lipinski definition) is 2. The van der Waals surface area contributed by atoms with Crippen LogP contribution in [0.1, 0.15) is 10.7 Å². The van der Waals surface area contributed by atoms with E-state index in [0.717, 1.165) is 5.01 Å². The van der Waals surface area contributed by atoms with Crippen molar-refractivity contribution in [3.8, 4) is 0 Å². The fraction of sp³-hybridized carbons (Fsp3) is 0.0526. The van der Waals surface area contributed by atoms with E-state index in [2.05, 4.69) is 15.0 Å². The van der Waals surface area contributed by atoms with Crippen LogP contribution in [0.25, 0.3) is 6.08 Å². The van der Waals surface area contributed by atoms with Gasteiger partial charge in [-0.2, -0.15) is 0 Å². The second-order valence-electron chi connectivity index (χ2n) is 5.84. The van der Waals surface area contributed by atoms with E-state index in [-0.39, 0.29) is 26.3 Å². The van der Waals surface area contributed by atoms with Gasteiger partial charge in [0.2, 0.25) is 5.91 Å². The van der Waals surface area contributed by atoms with Crippen LogP contribution in [0.3, 0.4) is 0 Å². The average molecular weight is 468 g/mol. The Hall–Kier alpha value is -2.39. The zero-order valence-corrected chi connectivity index (χ0v) is 18.2. The van der Waals surface area contributed by atoms with Gasteiger partial charge in [0.05, 0.1) is 26.4 Å². The molecule has 1 amide bonds. The molecule has 2 aromatic carbocycles. The number of amides is 1. The van der Waals surface area contributed by atoms with Crippen molar-refractivity contribution >= 4 is 67.9 Å². The Morgan fingerprint density at radius 3 is 2.59 bits per heavy atom. The maximum atomic E-state index is 12.7. The number of nitrogens with one attached hydrogen (secondary N) is 2. The van der Waals surface area contributed by atoms with E-state index in [1.54, 1.807) is 24.3 Å². The van der Waals surface area contributed by atoms with E-state index in [0.29, 0.717) is 5.69 Å². The Balaban J connectivity index is 1.79. The molecular weight excluding hydrogens is 453 g/mol. The summed E-state index contributed by atoms with van der Waals surface area (Å²) in [5.74, 6) is -0.430. The van der Waals surface area contributed by atoms with E-state index in [1.165, 1.54) is 41.7 Å². The van der Waals surface area contributed by atoms with Crippen LogP contribution >= 0.6 is 34.5 Å².